The van der Waals surface area contributed by atoms with E-state index in [0.29, 0.717) is 5.41 Å². The largest absolute Gasteiger partial charge is 0.325 e. The average molecular weight is 169 g/mol. The molecule has 0 aromatic carbocycles. The zero-order valence-electron chi connectivity index (χ0n) is 8.98. The molecule has 0 aromatic rings. The molecule has 1 fully saturated rings. The van der Waals surface area contributed by atoms with E-state index in [9.17, 15) is 0 Å². The molecule has 0 heterocycles. The van der Waals surface area contributed by atoms with Crippen molar-refractivity contribution >= 4 is 0 Å². The third-order valence-electron chi connectivity index (χ3n) is 3.19. The molecule has 0 aliphatic heterocycles. The molecular weight excluding hydrogens is 146 g/mol. The van der Waals surface area contributed by atoms with Crippen molar-refractivity contribution in [1.82, 2.24) is 0 Å². The van der Waals surface area contributed by atoms with Gasteiger partial charge >= 0.3 is 0 Å². The molecule has 0 aromatic heterocycles. The maximum absolute atomic E-state index is 6.32. The molecule has 0 amide bonds. The maximum atomic E-state index is 6.32. The Morgan fingerprint density at radius 1 is 1.33 bits per heavy atom. The molecule has 0 spiro atoms. The van der Waals surface area contributed by atoms with E-state index in [2.05, 4.69) is 27.7 Å². The van der Waals surface area contributed by atoms with Gasteiger partial charge in [0.05, 0.1) is 0 Å². The van der Waals surface area contributed by atoms with Gasteiger partial charge in [0, 0.05) is 5.54 Å². The molecule has 1 rings (SSSR count). The van der Waals surface area contributed by atoms with Crippen molar-refractivity contribution in [2.45, 2.75) is 58.9 Å². The second-order valence-electron chi connectivity index (χ2n) is 5.57. The summed E-state index contributed by atoms with van der Waals surface area (Å²) in [5.41, 5.74) is 6.91. The molecular formula is C11H23N. The summed E-state index contributed by atoms with van der Waals surface area (Å²) in [6.07, 6.45) is 4.88. The minimum atomic E-state index is 0.126. The van der Waals surface area contributed by atoms with Crippen LogP contribution in [0.1, 0.15) is 53.4 Å². The highest BCUT2D eigenvalue weighted by atomic mass is 14.8. The Balaban J connectivity index is 2.70. The minimum absolute atomic E-state index is 0.126. The fourth-order valence-electron chi connectivity index (χ4n) is 3.08. The molecule has 1 saturated carbocycles. The summed E-state index contributed by atoms with van der Waals surface area (Å²) < 4.78 is 0. The van der Waals surface area contributed by atoms with E-state index in [4.69, 9.17) is 5.73 Å². The van der Waals surface area contributed by atoms with Gasteiger partial charge in [-0.15, -0.1) is 0 Å². The molecule has 12 heavy (non-hydrogen) atoms. The summed E-state index contributed by atoms with van der Waals surface area (Å²) in [4.78, 5) is 0. The van der Waals surface area contributed by atoms with E-state index in [-0.39, 0.29) is 5.54 Å². The van der Waals surface area contributed by atoms with Crippen LogP contribution in [0.4, 0.5) is 0 Å². The van der Waals surface area contributed by atoms with Gasteiger partial charge in [-0.05, 0) is 37.0 Å². The second-order valence-corrected chi connectivity index (χ2v) is 5.57. The fraction of sp³-hybridized carbons (Fsp3) is 1.00. The molecule has 0 saturated heterocycles. The van der Waals surface area contributed by atoms with Crippen LogP contribution in [0.3, 0.4) is 0 Å². The SMILES string of the molecule is CC[C@@]1(N)C[C@H](C)CC(C)(C)C1. The summed E-state index contributed by atoms with van der Waals surface area (Å²) in [7, 11) is 0. The van der Waals surface area contributed by atoms with E-state index in [0.717, 1.165) is 12.3 Å². The molecule has 0 bridgehead atoms. The van der Waals surface area contributed by atoms with E-state index in [1.54, 1.807) is 0 Å². The standard InChI is InChI=1S/C11H23N/c1-5-11(12)7-9(2)6-10(3,4)8-11/h9H,5-8,12H2,1-4H3/t9-,11-/m1/s1. The average Bonchev–Trinajstić information content (AvgIpc) is 1.82. The highest BCUT2D eigenvalue weighted by Crippen LogP contribution is 2.43. The molecule has 2 N–H and O–H groups in total. The summed E-state index contributed by atoms with van der Waals surface area (Å²) in [5, 5.41) is 0. The Labute approximate surface area is 76.7 Å². The Bertz CT molecular complexity index is 162. The lowest BCUT2D eigenvalue weighted by Crippen LogP contribution is -2.48. The van der Waals surface area contributed by atoms with Gasteiger partial charge in [0.15, 0.2) is 0 Å². The van der Waals surface area contributed by atoms with Crippen molar-refractivity contribution in [3.05, 3.63) is 0 Å². The Morgan fingerprint density at radius 3 is 2.33 bits per heavy atom. The van der Waals surface area contributed by atoms with Gasteiger partial charge in [-0.3, -0.25) is 0 Å². The lowest BCUT2D eigenvalue weighted by molar-refractivity contribution is 0.105. The molecule has 1 aliphatic rings. The van der Waals surface area contributed by atoms with E-state index in [1.807, 2.05) is 0 Å². The van der Waals surface area contributed by atoms with Gasteiger partial charge in [-0.1, -0.05) is 27.7 Å². The lowest BCUT2D eigenvalue weighted by atomic mass is 9.64. The van der Waals surface area contributed by atoms with Crippen LogP contribution in [0.15, 0.2) is 0 Å². The number of hydrogen-bond donors (Lipinski definition) is 1. The first kappa shape index (κ1) is 10.0. The van der Waals surface area contributed by atoms with Crippen LogP contribution in [0.2, 0.25) is 0 Å². The predicted octanol–water partition coefficient (Wildman–Crippen LogP) is 2.94. The van der Waals surface area contributed by atoms with Crippen LogP contribution in [-0.4, -0.2) is 5.54 Å². The van der Waals surface area contributed by atoms with Crippen LogP contribution in [0, 0.1) is 11.3 Å². The van der Waals surface area contributed by atoms with Crippen molar-refractivity contribution < 1.29 is 0 Å². The first-order valence-corrected chi connectivity index (χ1v) is 5.16. The summed E-state index contributed by atoms with van der Waals surface area (Å²) in [6.45, 7) is 9.24. The van der Waals surface area contributed by atoms with Gasteiger partial charge in [-0.2, -0.15) is 0 Å². The van der Waals surface area contributed by atoms with Crippen molar-refractivity contribution in [1.29, 1.82) is 0 Å². The Morgan fingerprint density at radius 2 is 1.92 bits per heavy atom. The zero-order valence-corrected chi connectivity index (χ0v) is 8.98. The molecule has 1 aliphatic carbocycles. The maximum Gasteiger partial charge on any atom is 0.0159 e. The molecule has 72 valence electrons. The monoisotopic (exact) mass is 169 g/mol. The first-order chi connectivity index (χ1) is 5.37. The van der Waals surface area contributed by atoms with Crippen molar-refractivity contribution in [3.8, 4) is 0 Å². The lowest BCUT2D eigenvalue weighted by Gasteiger charge is -2.45. The predicted molar refractivity (Wildman–Crippen MR) is 54.0 cm³/mol. The quantitative estimate of drug-likeness (QED) is 0.641. The smallest absolute Gasteiger partial charge is 0.0159 e. The summed E-state index contributed by atoms with van der Waals surface area (Å²) >= 11 is 0. The normalized spacial score (nSPS) is 41.2. The number of nitrogens with two attached hydrogens (primary N) is 1. The van der Waals surface area contributed by atoms with Crippen LogP contribution >= 0.6 is 0 Å². The van der Waals surface area contributed by atoms with Crippen LogP contribution in [-0.2, 0) is 0 Å². The fourth-order valence-corrected chi connectivity index (χ4v) is 3.08. The molecule has 1 nitrogen and oxygen atoms in total. The molecule has 0 radical (unpaired) electrons. The summed E-state index contributed by atoms with van der Waals surface area (Å²) in [6, 6.07) is 0. The Kier molecular flexibility index (Phi) is 2.53. The van der Waals surface area contributed by atoms with Crippen molar-refractivity contribution in [2.75, 3.05) is 0 Å². The molecule has 1 heteroatoms. The molecule has 2 atom stereocenters. The van der Waals surface area contributed by atoms with Gasteiger partial charge in [0.2, 0.25) is 0 Å². The van der Waals surface area contributed by atoms with Crippen LogP contribution in [0.25, 0.3) is 0 Å². The van der Waals surface area contributed by atoms with Gasteiger partial charge in [0.25, 0.3) is 0 Å². The van der Waals surface area contributed by atoms with E-state index < -0.39 is 0 Å². The van der Waals surface area contributed by atoms with Gasteiger partial charge in [0.1, 0.15) is 0 Å². The number of rotatable bonds is 1. The highest BCUT2D eigenvalue weighted by molar-refractivity contribution is 4.95. The third kappa shape index (κ3) is 2.22. The summed E-state index contributed by atoms with van der Waals surface area (Å²) in [5.74, 6) is 0.804. The van der Waals surface area contributed by atoms with Crippen LogP contribution < -0.4 is 5.73 Å². The van der Waals surface area contributed by atoms with Crippen molar-refractivity contribution in [2.24, 2.45) is 17.1 Å². The van der Waals surface area contributed by atoms with Crippen molar-refractivity contribution in [3.63, 3.8) is 0 Å². The molecule has 0 unspecified atom stereocenters. The number of hydrogen-bond acceptors (Lipinski definition) is 1. The van der Waals surface area contributed by atoms with E-state index in [1.165, 1.54) is 19.3 Å². The van der Waals surface area contributed by atoms with Crippen LogP contribution in [0.5, 0.6) is 0 Å². The third-order valence-corrected chi connectivity index (χ3v) is 3.19. The first-order valence-electron chi connectivity index (χ1n) is 5.16. The van der Waals surface area contributed by atoms with Gasteiger partial charge < -0.3 is 5.73 Å². The minimum Gasteiger partial charge on any atom is -0.325 e. The van der Waals surface area contributed by atoms with E-state index >= 15 is 0 Å². The topological polar surface area (TPSA) is 26.0 Å². The highest BCUT2D eigenvalue weighted by Gasteiger charge is 2.38. The second kappa shape index (κ2) is 3.02. The van der Waals surface area contributed by atoms with Gasteiger partial charge in [-0.25, -0.2) is 0 Å². The Hall–Kier alpha value is -0.0400. The zero-order chi connectivity index (χ0) is 9.41.